The molecule has 0 aromatic heterocycles. The van der Waals surface area contributed by atoms with Crippen LogP contribution in [0.3, 0.4) is 0 Å². The molecule has 0 saturated carbocycles. The zero-order valence-corrected chi connectivity index (χ0v) is 16.6. The first-order chi connectivity index (χ1) is 10.0. The quantitative estimate of drug-likeness (QED) is 0.301. The molecule has 0 N–H and O–H groups in total. The topological polar surface area (TPSA) is 43.4 Å². The van der Waals surface area contributed by atoms with Crippen LogP contribution >= 0.6 is 12.8 Å². The number of carbonyl (C=O) groups is 2. The van der Waals surface area contributed by atoms with Gasteiger partial charge in [-0.15, -0.1) is 0 Å². The van der Waals surface area contributed by atoms with Gasteiger partial charge in [-0.25, -0.2) is 0 Å². The zero-order valence-electron chi connectivity index (χ0n) is 12.6. The fourth-order valence-corrected chi connectivity index (χ4v) is 12.8. The van der Waals surface area contributed by atoms with E-state index >= 15 is 0 Å². The Labute approximate surface area is 137 Å². The molecule has 1 rings (SSSR count). The molecular weight excluding hydrogens is 448 g/mol. The van der Waals surface area contributed by atoms with Gasteiger partial charge in [0.15, 0.2) is 0 Å². The molecule has 0 heterocycles. The third-order valence-corrected chi connectivity index (χ3v) is 15.6. The van der Waals surface area contributed by atoms with E-state index in [9.17, 15) is 9.59 Å². The van der Waals surface area contributed by atoms with Crippen molar-refractivity contribution in [1.29, 1.82) is 0 Å². The molecule has 0 saturated heterocycles. The monoisotopic (exact) mass is 472 g/mol. The van der Waals surface area contributed by atoms with Crippen LogP contribution in [-0.4, -0.2) is 34.3 Å². The Hall–Kier alpha value is -0.370. The molecule has 0 bridgehead atoms. The molecule has 1 aromatic rings. The number of ether oxygens (including phenoxy) is 1. The van der Waals surface area contributed by atoms with E-state index in [1.807, 2.05) is 37.3 Å². The summed E-state index contributed by atoms with van der Waals surface area (Å²) in [4.78, 5) is 24.3. The normalized spacial score (nSPS) is 15.0. The van der Waals surface area contributed by atoms with Crippen LogP contribution in [0.2, 0.25) is 13.4 Å². The van der Waals surface area contributed by atoms with Crippen LogP contribution in [0.25, 0.3) is 0 Å². The van der Waals surface area contributed by atoms with Crippen LogP contribution in [0.1, 0.15) is 37.0 Å². The van der Waals surface area contributed by atoms with Gasteiger partial charge in [-0.05, 0) is 0 Å². The molecule has 0 radical (unpaired) electrons. The maximum absolute atomic E-state index is 12.4. The third kappa shape index (κ3) is 6.95. The van der Waals surface area contributed by atoms with Gasteiger partial charge in [0.25, 0.3) is 0 Å². The summed E-state index contributed by atoms with van der Waals surface area (Å²) in [6.07, 6.45) is 2.12. The fourth-order valence-electron chi connectivity index (χ4n) is 1.95. The number of carbonyl (C=O) groups excluding carboxylic acids is 2. The van der Waals surface area contributed by atoms with Crippen molar-refractivity contribution in [3.63, 3.8) is 0 Å². The van der Waals surface area contributed by atoms with Crippen LogP contribution in [0.5, 0.6) is 0 Å². The Morgan fingerprint density at radius 3 is 2.38 bits per heavy atom. The molecule has 5 heteroatoms. The SMILES string of the molecule is CCCC[Te](Br)(CC(=O)OCC)CC(=O)c1ccccc1. The van der Waals surface area contributed by atoms with Gasteiger partial charge in [0, 0.05) is 0 Å². The van der Waals surface area contributed by atoms with E-state index < -0.39 is 16.0 Å². The number of unbranched alkanes of at least 4 members (excludes halogenated alkanes) is 1. The van der Waals surface area contributed by atoms with Crippen LogP contribution < -0.4 is 0 Å². The van der Waals surface area contributed by atoms with Crippen molar-refractivity contribution in [3.05, 3.63) is 35.9 Å². The Kier molecular flexibility index (Phi) is 8.54. The Balaban J connectivity index is 2.76. The molecule has 0 aliphatic carbocycles. The minimum absolute atomic E-state index is 0.133. The summed E-state index contributed by atoms with van der Waals surface area (Å²) in [5, 5.41) is 0. The van der Waals surface area contributed by atoms with E-state index in [0.29, 0.717) is 15.5 Å². The number of hydrogen-bond acceptors (Lipinski definition) is 3. The zero-order chi connectivity index (χ0) is 15.7. The molecule has 1 atom stereocenters. The Morgan fingerprint density at radius 1 is 1.14 bits per heavy atom. The average Bonchev–Trinajstić information content (AvgIpc) is 2.46. The standard InChI is InChI=1S/C16H23BrO3Te/c1-3-5-11-21(17,13-16(19)20-4-2)12-15(18)14-9-7-6-8-10-14/h6-10H,3-5,11-13H2,1-2H3. The van der Waals surface area contributed by atoms with Gasteiger partial charge in [-0.2, -0.15) is 0 Å². The second-order valence-electron chi connectivity index (χ2n) is 4.88. The van der Waals surface area contributed by atoms with E-state index in [0.717, 1.165) is 22.9 Å². The van der Waals surface area contributed by atoms with Crippen LogP contribution in [0.4, 0.5) is 0 Å². The predicted molar refractivity (Wildman–Crippen MR) is 91.4 cm³/mol. The summed E-state index contributed by atoms with van der Waals surface area (Å²) < 4.78 is 6.94. The van der Waals surface area contributed by atoms with Crippen molar-refractivity contribution in [2.24, 2.45) is 0 Å². The number of ketones is 1. The van der Waals surface area contributed by atoms with Gasteiger partial charge in [-0.3, -0.25) is 0 Å². The molecule has 0 spiro atoms. The van der Waals surface area contributed by atoms with Gasteiger partial charge in [0.05, 0.1) is 0 Å². The first kappa shape index (κ1) is 18.7. The fraction of sp³-hybridized carbons (Fsp3) is 0.500. The Morgan fingerprint density at radius 2 is 1.81 bits per heavy atom. The molecule has 0 fully saturated rings. The van der Waals surface area contributed by atoms with Crippen molar-refractivity contribution in [2.75, 3.05) is 6.61 Å². The van der Waals surface area contributed by atoms with E-state index in [4.69, 9.17) is 4.74 Å². The summed E-state index contributed by atoms with van der Waals surface area (Å²) in [6, 6.07) is 9.31. The van der Waals surface area contributed by atoms with Gasteiger partial charge >= 0.3 is 137 Å². The minimum atomic E-state index is -2.72. The van der Waals surface area contributed by atoms with Crippen LogP contribution in [0.15, 0.2) is 30.3 Å². The summed E-state index contributed by atoms with van der Waals surface area (Å²) in [5.41, 5.74) is 0.730. The van der Waals surface area contributed by atoms with E-state index in [1.54, 1.807) is 0 Å². The second kappa shape index (κ2) is 9.61. The maximum atomic E-state index is 12.4. The number of rotatable bonds is 9. The van der Waals surface area contributed by atoms with Crippen molar-refractivity contribution in [2.45, 2.75) is 40.1 Å². The number of benzene rings is 1. The van der Waals surface area contributed by atoms with Gasteiger partial charge in [0.2, 0.25) is 0 Å². The van der Waals surface area contributed by atoms with Crippen molar-refractivity contribution in [1.82, 2.24) is 0 Å². The van der Waals surface area contributed by atoms with Crippen molar-refractivity contribution >= 4 is 40.5 Å². The van der Waals surface area contributed by atoms with E-state index in [-0.39, 0.29) is 11.8 Å². The summed E-state index contributed by atoms with van der Waals surface area (Å²) in [7, 11) is 0. The van der Waals surface area contributed by atoms with E-state index in [1.165, 1.54) is 0 Å². The number of Topliss-reactive ketones (excluding diaryl/α,β-unsaturated/α-hetero) is 1. The molecule has 3 nitrogen and oxygen atoms in total. The number of esters is 1. The number of halogens is 1. The Bertz CT molecular complexity index is 464. The molecule has 118 valence electrons. The van der Waals surface area contributed by atoms with Gasteiger partial charge in [0.1, 0.15) is 0 Å². The summed E-state index contributed by atoms with van der Waals surface area (Å²) >= 11 is 1.10. The molecule has 21 heavy (non-hydrogen) atoms. The summed E-state index contributed by atoms with van der Waals surface area (Å²) in [5.74, 6) is -0.0402. The average molecular weight is 471 g/mol. The first-order valence-corrected chi connectivity index (χ1v) is 17.4. The third-order valence-electron chi connectivity index (χ3n) is 3.03. The molecule has 1 aromatic carbocycles. The van der Waals surface area contributed by atoms with Crippen LogP contribution in [-0.2, 0) is 9.53 Å². The first-order valence-electron chi connectivity index (χ1n) is 7.20. The van der Waals surface area contributed by atoms with Gasteiger partial charge < -0.3 is 0 Å². The molecular formula is C16H23BrO3Te. The summed E-state index contributed by atoms with van der Waals surface area (Å²) in [6.45, 7) is 4.33. The molecule has 1 unspecified atom stereocenters. The van der Waals surface area contributed by atoms with E-state index in [2.05, 4.69) is 19.7 Å². The molecule has 0 aliphatic heterocycles. The van der Waals surface area contributed by atoms with Crippen molar-refractivity contribution in [3.8, 4) is 0 Å². The predicted octanol–water partition coefficient (Wildman–Crippen LogP) is 4.57. The molecule has 0 amide bonds. The van der Waals surface area contributed by atoms with Gasteiger partial charge in [-0.1, -0.05) is 0 Å². The number of hydrogen-bond donors (Lipinski definition) is 0. The molecule has 0 aliphatic rings. The van der Waals surface area contributed by atoms with Crippen LogP contribution in [0, 0.1) is 0 Å². The second-order valence-corrected chi connectivity index (χ2v) is 22.3. The van der Waals surface area contributed by atoms with Crippen molar-refractivity contribution < 1.29 is 14.3 Å².